The predicted molar refractivity (Wildman–Crippen MR) is 128 cm³/mol. The van der Waals surface area contributed by atoms with Crippen LogP contribution >= 0.6 is 0 Å². The van der Waals surface area contributed by atoms with Crippen molar-refractivity contribution in [2.24, 2.45) is 0 Å². The molecule has 0 bridgehead atoms. The van der Waals surface area contributed by atoms with Crippen LogP contribution in [0.2, 0.25) is 0 Å². The molecule has 0 radical (unpaired) electrons. The topological polar surface area (TPSA) is 74.3 Å². The maximum Gasteiger partial charge on any atom is 0.236 e. The minimum atomic E-state index is 0.262. The van der Waals surface area contributed by atoms with Gasteiger partial charge in [0, 0.05) is 64.0 Å². The SMILES string of the molecule is O=C(CN1CCN(c2cnc(-c3ccc4c(c3)OCO4)cn2)CC1)N1CCN(C2CCC2)CC1. The molecule has 0 unspecified atom stereocenters. The van der Waals surface area contributed by atoms with Gasteiger partial charge in [-0.05, 0) is 31.0 Å². The zero-order valence-corrected chi connectivity index (χ0v) is 19.6. The Morgan fingerprint density at radius 3 is 2.41 bits per heavy atom. The molecule has 1 amide bonds. The van der Waals surface area contributed by atoms with Gasteiger partial charge in [0.1, 0.15) is 5.82 Å². The first kappa shape index (κ1) is 21.6. The van der Waals surface area contributed by atoms with E-state index in [1.807, 2.05) is 30.6 Å². The molecule has 6 rings (SSSR count). The number of carbonyl (C=O) groups is 1. The molecule has 3 aliphatic heterocycles. The first-order valence-electron chi connectivity index (χ1n) is 12.4. The van der Waals surface area contributed by atoms with E-state index in [1.165, 1.54) is 19.3 Å². The molecule has 0 atom stereocenters. The van der Waals surface area contributed by atoms with Crippen LogP contribution in [-0.2, 0) is 4.79 Å². The van der Waals surface area contributed by atoms with Gasteiger partial charge in [-0.2, -0.15) is 0 Å². The molecule has 1 aromatic heterocycles. The van der Waals surface area contributed by atoms with Crippen LogP contribution in [0.4, 0.5) is 5.82 Å². The fourth-order valence-corrected chi connectivity index (χ4v) is 5.20. The van der Waals surface area contributed by atoms with Gasteiger partial charge >= 0.3 is 0 Å². The maximum absolute atomic E-state index is 12.8. The normalized spacial score (nSPS) is 21.5. The van der Waals surface area contributed by atoms with E-state index in [0.29, 0.717) is 6.54 Å². The lowest BCUT2D eigenvalue weighted by Crippen LogP contribution is -2.56. The van der Waals surface area contributed by atoms with E-state index < -0.39 is 0 Å². The smallest absolute Gasteiger partial charge is 0.236 e. The van der Waals surface area contributed by atoms with Crippen molar-refractivity contribution < 1.29 is 14.3 Å². The van der Waals surface area contributed by atoms with Gasteiger partial charge in [-0.25, -0.2) is 4.98 Å². The fraction of sp³-hybridized carbons (Fsp3) is 0.560. The number of hydrogen-bond donors (Lipinski definition) is 0. The number of benzene rings is 1. The summed E-state index contributed by atoms with van der Waals surface area (Å²) < 4.78 is 10.8. The predicted octanol–water partition coefficient (Wildman–Crippen LogP) is 1.69. The largest absolute Gasteiger partial charge is 0.454 e. The van der Waals surface area contributed by atoms with E-state index in [1.54, 1.807) is 0 Å². The number of rotatable bonds is 5. The average molecular weight is 465 g/mol. The lowest BCUT2D eigenvalue weighted by molar-refractivity contribution is -0.134. The maximum atomic E-state index is 12.8. The Morgan fingerprint density at radius 1 is 0.912 bits per heavy atom. The molecule has 34 heavy (non-hydrogen) atoms. The van der Waals surface area contributed by atoms with Crippen LogP contribution in [0.3, 0.4) is 0 Å². The number of piperazine rings is 2. The molecule has 4 heterocycles. The Balaban J connectivity index is 0.982. The van der Waals surface area contributed by atoms with Gasteiger partial charge in [0.2, 0.25) is 12.7 Å². The van der Waals surface area contributed by atoms with Gasteiger partial charge < -0.3 is 19.3 Å². The van der Waals surface area contributed by atoms with Crippen LogP contribution < -0.4 is 14.4 Å². The highest BCUT2D eigenvalue weighted by atomic mass is 16.7. The Hall–Kier alpha value is -2.91. The standard InChI is InChI=1S/C25H32N6O3/c32-25(31-12-10-29(11-13-31)20-2-1-3-20)17-28-6-8-30(9-7-28)24-16-26-21(15-27-24)19-4-5-22-23(14-19)34-18-33-22/h4-5,14-16,20H,1-3,6-13,17-18H2. The van der Waals surface area contributed by atoms with Gasteiger partial charge in [0.25, 0.3) is 0 Å². The molecule has 180 valence electrons. The van der Waals surface area contributed by atoms with Crippen LogP contribution in [0.15, 0.2) is 30.6 Å². The van der Waals surface area contributed by atoms with Crippen molar-refractivity contribution in [2.45, 2.75) is 25.3 Å². The van der Waals surface area contributed by atoms with Crippen LogP contribution in [0, 0.1) is 0 Å². The quantitative estimate of drug-likeness (QED) is 0.662. The Kier molecular flexibility index (Phi) is 5.97. The number of hydrogen-bond acceptors (Lipinski definition) is 8. The van der Waals surface area contributed by atoms with Gasteiger partial charge in [-0.1, -0.05) is 6.42 Å². The summed E-state index contributed by atoms with van der Waals surface area (Å²) in [5.41, 5.74) is 1.77. The van der Waals surface area contributed by atoms with Crippen LogP contribution in [0.25, 0.3) is 11.3 Å². The van der Waals surface area contributed by atoms with E-state index in [9.17, 15) is 4.79 Å². The van der Waals surface area contributed by atoms with Gasteiger partial charge in [-0.3, -0.25) is 19.6 Å². The molecule has 1 aromatic carbocycles. The number of carbonyl (C=O) groups excluding carboxylic acids is 1. The summed E-state index contributed by atoms with van der Waals surface area (Å²) >= 11 is 0. The van der Waals surface area contributed by atoms with Crippen molar-refractivity contribution in [1.29, 1.82) is 0 Å². The van der Waals surface area contributed by atoms with E-state index in [-0.39, 0.29) is 12.7 Å². The van der Waals surface area contributed by atoms with E-state index in [0.717, 1.165) is 87.0 Å². The third-order valence-corrected chi connectivity index (χ3v) is 7.62. The Morgan fingerprint density at radius 2 is 1.71 bits per heavy atom. The van der Waals surface area contributed by atoms with Gasteiger partial charge in [-0.15, -0.1) is 0 Å². The monoisotopic (exact) mass is 464 g/mol. The zero-order chi connectivity index (χ0) is 22.9. The highest BCUT2D eigenvalue weighted by Crippen LogP contribution is 2.35. The number of nitrogens with zero attached hydrogens (tertiary/aromatic N) is 6. The molecule has 9 heteroatoms. The summed E-state index contributed by atoms with van der Waals surface area (Å²) in [6.07, 6.45) is 7.69. The Bertz CT molecular complexity index is 1010. The van der Waals surface area contributed by atoms with Crippen molar-refractivity contribution in [1.82, 2.24) is 24.7 Å². The summed E-state index contributed by atoms with van der Waals surface area (Å²) in [6, 6.07) is 6.59. The lowest BCUT2D eigenvalue weighted by atomic mass is 9.91. The molecule has 1 aliphatic carbocycles. The first-order chi connectivity index (χ1) is 16.7. The van der Waals surface area contributed by atoms with E-state index in [2.05, 4.69) is 29.6 Å². The van der Waals surface area contributed by atoms with Crippen molar-refractivity contribution in [2.75, 3.05) is 70.6 Å². The minimum absolute atomic E-state index is 0.262. The second-order valence-corrected chi connectivity index (χ2v) is 9.59. The lowest BCUT2D eigenvalue weighted by Gasteiger charge is -2.43. The number of amides is 1. The molecule has 1 saturated carbocycles. The number of ether oxygens (including phenoxy) is 2. The third kappa shape index (κ3) is 4.42. The first-order valence-corrected chi connectivity index (χ1v) is 12.4. The molecular weight excluding hydrogens is 432 g/mol. The van der Waals surface area contributed by atoms with Crippen LogP contribution in [-0.4, -0.2) is 102 Å². The Labute approximate surface area is 200 Å². The van der Waals surface area contributed by atoms with Crippen molar-refractivity contribution >= 4 is 11.7 Å². The van der Waals surface area contributed by atoms with Gasteiger partial charge in [0.15, 0.2) is 11.5 Å². The van der Waals surface area contributed by atoms with Crippen LogP contribution in [0.5, 0.6) is 11.5 Å². The molecular formula is C25H32N6O3. The second-order valence-electron chi connectivity index (χ2n) is 9.59. The number of anilines is 1. The van der Waals surface area contributed by atoms with Crippen molar-refractivity contribution in [3.63, 3.8) is 0 Å². The minimum Gasteiger partial charge on any atom is -0.454 e. The number of fused-ring (bicyclic) bond motifs is 1. The average Bonchev–Trinajstić information content (AvgIpc) is 3.32. The van der Waals surface area contributed by atoms with Crippen LogP contribution in [0.1, 0.15) is 19.3 Å². The van der Waals surface area contributed by atoms with Crippen molar-refractivity contribution in [3.8, 4) is 22.8 Å². The zero-order valence-electron chi connectivity index (χ0n) is 19.6. The van der Waals surface area contributed by atoms with E-state index >= 15 is 0 Å². The summed E-state index contributed by atoms with van der Waals surface area (Å²) in [5.74, 6) is 2.66. The molecule has 9 nitrogen and oxygen atoms in total. The van der Waals surface area contributed by atoms with Crippen molar-refractivity contribution in [3.05, 3.63) is 30.6 Å². The second kappa shape index (κ2) is 9.38. The summed E-state index contributed by atoms with van der Waals surface area (Å²) in [5, 5.41) is 0. The molecule has 0 spiro atoms. The molecule has 3 fully saturated rings. The summed E-state index contributed by atoms with van der Waals surface area (Å²) in [4.78, 5) is 31.3. The number of aromatic nitrogens is 2. The molecule has 2 aromatic rings. The van der Waals surface area contributed by atoms with E-state index in [4.69, 9.17) is 9.47 Å². The third-order valence-electron chi connectivity index (χ3n) is 7.62. The summed E-state index contributed by atoms with van der Waals surface area (Å²) in [6.45, 7) is 8.02. The molecule has 4 aliphatic rings. The highest BCUT2D eigenvalue weighted by Gasteiger charge is 2.30. The fourth-order valence-electron chi connectivity index (χ4n) is 5.20. The molecule has 0 N–H and O–H groups in total. The van der Waals surface area contributed by atoms with Gasteiger partial charge in [0.05, 0.1) is 24.6 Å². The summed E-state index contributed by atoms with van der Waals surface area (Å²) in [7, 11) is 0. The molecule has 2 saturated heterocycles. The highest BCUT2D eigenvalue weighted by molar-refractivity contribution is 5.78.